The molecule has 2 atom stereocenters. The van der Waals surface area contributed by atoms with Gasteiger partial charge in [-0.2, -0.15) is 0 Å². The molecule has 1 saturated heterocycles. The Morgan fingerprint density at radius 3 is 1.94 bits per heavy atom. The van der Waals surface area contributed by atoms with Crippen LogP contribution in [0.15, 0.2) is 60.7 Å². The van der Waals surface area contributed by atoms with Crippen molar-refractivity contribution >= 4 is 24.7 Å². The molecule has 5 heteroatoms. The predicted molar refractivity (Wildman–Crippen MR) is 132 cm³/mol. The number of carbonyl (C=O) groups is 1. The molecule has 0 saturated carbocycles. The van der Waals surface area contributed by atoms with Crippen LogP contribution in [-0.4, -0.2) is 40.2 Å². The first-order valence-electron chi connectivity index (χ1n) is 11.6. The zero-order chi connectivity index (χ0) is 23.4. The number of carbonyl (C=O) groups excluding carboxylic acids is 1. The molecule has 0 N–H and O–H groups in total. The Kier molecular flexibility index (Phi) is 7.64. The van der Waals surface area contributed by atoms with Gasteiger partial charge in [-0.15, -0.1) is 0 Å². The highest BCUT2D eigenvalue weighted by atomic mass is 28.4. The average Bonchev–Trinajstić information content (AvgIpc) is 2.79. The van der Waals surface area contributed by atoms with Crippen molar-refractivity contribution < 1.29 is 18.7 Å². The van der Waals surface area contributed by atoms with Crippen LogP contribution in [-0.2, 0) is 18.7 Å². The van der Waals surface area contributed by atoms with Gasteiger partial charge in [0.05, 0.1) is 31.3 Å². The lowest BCUT2D eigenvalue weighted by Crippen LogP contribution is -2.67. The van der Waals surface area contributed by atoms with Gasteiger partial charge in [-0.25, -0.2) is 0 Å². The van der Waals surface area contributed by atoms with Crippen LogP contribution in [0.4, 0.5) is 0 Å². The molecule has 0 bridgehead atoms. The van der Waals surface area contributed by atoms with E-state index in [1.165, 1.54) is 17.5 Å². The Labute approximate surface area is 194 Å². The fraction of sp³-hybridized carbons (Fsp3) is 0.519. The minimum Gasteiger partial charge on any atom is -0.469 e. The first kappa shape index (κ1) is 24.7. The molecule has 32 heavy (non-hydrogen) atoms. The van der Waals surface area contributed by atoms with E-state index in [9.17, 15) is 4.79 Å². The fourth-order valence-electron chi connectivity index (χ4n) is 4.93. The van der Waals surface area contributed by atoms with Crippen LogP contribution in [0.5, 0.6) is 0 Å². The Hall–Kier alpha value is -1.95. The molecule has 0 spiro atoms. The lowest BCUT2D eigenvalue weighted by Gasteiger charge is -2.45. The molecule has 0 aliphatic carbocycles. The number of hydrogen-bond donors (Lipinski definition) is 0. The van der Waals surface area contributed by atoms with E-state index in [1.807, 2.05) is 13.8 Å². The summed E-state index contributed by atoms with van der Waals surface area (Å²) in [6.07, 6.45) is 2.60. The molecular weight excluding hydrogens is 416 g/mol. The molecule has 0 amide bonds. The topological polar surface area (TPSA) is 44.8 Å². The van der Waals surface area contributed by atoms with Crippen LogP contribution in [0.2, 0.25) is 5.04 Å². The molecule has 2 aromatic carbocycles. The third-order valence-corrected chi connectivity index (χ3v) is 11.8. The maximum Gasteiger partial charge on any atom is 0.313 e. The van der Waals surface area contributed by atoms with Gasteiger partial charge in [-0.05, 0) is 48.5 Å². The summed E-state index contributed by atoms with van der Waals surface area (Å²) in [6.45, 7) is 11.2. The van der Waals surface area contributed by atoms with E-state index in [2.05, 4.69) is 81.4 Å². The molecule has 1 heterocycles. The van der Waals surface area contributed by atoms with Gasteiger partial charge in [-0.3, -0.25) is 4.79 Å². The van der Waals surface area contributed by atoms with Crippen molar-refractivity contribution in [2.24, 2.45) is 5.41 Å². The average molecular weight is 455 g/mol. The highest BCUT2D eigenvalue weighted by Gasteiger charge is 2.51. The van der Waals surface area contributed by atoms with Crippen molar-refractivity contribution in [1.82, 2.24) is 0 Å². The second-order valence-corrected chi connectivity index (χ2v) is 14.7. The second-order valence-electron chi connectivity index (χ2n) is 10.4. The van der Waals surface area contributed by atoms with E-state index in [1.54, 1.807) is 0 Å². The standard InChI is InChI=1S/C27H38O4Si/c1-26(2,3)32(22-15-9-7-10-16-22,23-17-11-8-12-18-23)30-20-21-14-13-19-24(31-21)27(4,5)25(28)29-6/h7-12,15-18,21,24H,13-14,19-20H2,1-6H3/t21-,24+/m1/s1. The highest BCUT2D eigenvalue weighted by Crippen LogP contribution is 2.38. The van der Waals surface area contributed by atoms with Gasteiger partial charge in [0.25, 0.3) is 8.32 Å². The smallest absolute Gasteiger partial charge is 0.313 e. The molecule has 2 aromatic rings. The predicted octanol–water partition coefficient (Wildman–Crippen LogP) is 4.70. The van der Waals surface area contributed by atoms with Crippen LogP contribution in [0.3, 0.4) is 0 Å². The van der Waals surface area contributed by atoms with E-state index in [0.29, 0.717) is 6.61 Å². The second kappa shape index (κ2) is 9.90. The molecule has 174 valence electrons. The van der Waals surface area contributed by atoms with Crippen LogP contribution >= 0.6 is 0 Å². The molecule has 3 rings (SSSR count). The monoisotopic (exact) mass is 454 g/mol. The first-order chi connectivity index (χ1) is 15.1. The summed E-state index contributed by atoms with van der Waals surface area (Å²) in [5, 5.41) is 2.46. The Morgan fingerprint density at radius 1 is 0.938 bits per heavy atom. The molecular formula is C27H38O4Si. The summed E-state index contributed by atoms with van der Waals surface area (Å²) in [5.74, 6) is -0.226. The maximum atomic E-state index is 12.3. The van der Waals surface area contributed by atoms with Crippen LogP contribution in [0, 0.1) is 5.41 Å². The van der Waals surface area contributed by atoms with Gasteiger partial charge in [0.15, 0.2) is 0 Å². The van der Waals surface area contributed by atoms with Gasteiger partial charge < -0.3 is 13.9 Å². The number of benzene rings is 2. The number of esters is 1. The summed E-state index contributed by atoms with van der Waals surface area (Å²) >= 11 is 0. The zero-order valence-electron chi connectivity index (χ0n) is 20.4. The normalized spacial score (nSPS) is 20.1. The molecule has 1 aliphatic rings. The van der Waals surface area contributed by atoms with Crippen molar-refractivity contribution in [3.05, 3.63) is 60.7 Å². The van der Waals surface area contributed by atoms with Crippen molar-refractivity contribution in [3.8, 4) is 0 Å². The number of hydrogen-bond acceptors (Lipinski definition) is 4. The third-order valence-electron chi connectivity index (χ3n) is 6.77. The van der Waals surface area contributed by atoms with Gasteiger partial charge in [0, 0.05) is 0 Å². The molecule has 0 unspecified atom stereocenters. The highest BCUT2D eigenvalue weighted by molar-refractivity contribution is 6.99. The van der Waals surface area contributed by atoms with E-state index in [4.69, 9.17) is 13.9 Å². The molecule has 4 nitrogen and oxygen atoms in total. The molecule has 1 fully saturated rings. The number of methoxy groups -OCH3 is 1. The largest absolute Gasteiger partial charge is 0.469 e. The van der Waals surface area contributed by atoms with Crippen molar-refractivity contribution in [2.45, 2.75) is 71.1 Å². The van der Waals surface area contributed by atoms with E-state index in [0.717, 1.165) is 19.3 Å². The van der Waals surface area contributed by atoms with E-state index >= 15 is 0 Å². The van der Waals surface area contributed by atoms with E-state index < -0.39 is 13.7 Å². The zero-order valence-corrected chi connectivity index (χ0v) is 21.4. The van der Waals surface area contributed by atoms with Crippen molar-refractivity contribution in [3.63, 3.8) is 0 Å². The van der Waals surface area contributed by atoms with Crippen LogP contribution in [0.1, 0.15) is 53.9 Å². The summed E-state index contributed by atoms with van der Waals surface area (Å²) in [4.78, 5) is 12.3. The molecule has 0 aromatic heterocycles. The minimum absolute atomic E-state index is 0.0423. The van der Waals surface area contributed by atoms with Crippen molar-refractivity contribution in [2.75, 3.05) is 13.7 Å². The van der Waals surface area contributed by atoms with Gasteiger partial charge >= 0.3 is 5.97 Å². The van der Waals surface area contributed by atoms with Crippen LogP contribution < -0.4 is 10.4 Å². The lowest BCUT2D eigenvalue weighted by atomic mass is 9.82. The fourth-order valence-corrected chi connectivity index (χ4v) is 9.52. The van der Waals surface area contributed by atoms with Gasteiger partial charge in [0.1, 0.15) is 0 Å². The summed E-state index contributed by atoms with van der Waals surface area (Å²) in [5.41, 5.74) is -0.676. The van der Waals surface area contributed by atoms with Crippen LogP contribution in [0.25, 0.3) is 0 Å². The summed E-state index contributed by atoms with van der Waals surface area (Å²) < 4.78 is 18.5. The van der Waals surface area contributed by atoms with E-state index in [-0.39, 0.29) is 23.2 Å². The maximum absolute atomic E-state index is 12.3. The molecule has 1 aliphatic heterocycles. The number of ether oxygens (including phenoxy) is 2. The Bertz CT molecular complexity index is 834. The SMILES string of the molecule is COC(=O)C(C)(C)[C@@H]1CCC[C@H](CO[Si](c2ccccc2)(c2ccccc2)C(C)(C)C)O1. The minimum atomic E-state index is -2.60. The quantitative estimate of drug-likeness (QED) is 0.449. The first-order valence-corrected chi connectivity index (χ1v) is 13.5. The third kappa shape index (κ3) is 4.85. The Morgan fingerprint density at radius 2 is 1.47 bits per heavy atom. The Balaban J connectivity index is 1.91. The van der Waals surface area contributed by atoms with Crippen molar-refractivity contribution in [1.29, 1.82) is 0 Å². The summed E-state index contributed by atoms with van der Waals surface area (Å²) in [6, 6.07) is 21.3. The van der Waals surface area contributed by atoms with Gasteiger partial charge in [-0.1, -0.05) is 81.4 Å². The lowest BCUT2D eigenvalue weighted by molar-refractivity contribution is -0.170. The van der Waals surface area contributed by atoms with Gasteiger partial charge in [0.2, 0.25) is 0 Å². The number of rotatable bonds is 7. The summed E-state index contributed by atoms with van der Waals surface area (Å²) in [7, 11) is -1.16. The molecule has 0 radical (unpaired) electrons.